The number of nitrogens with one attached hydrogen (secondary N) is 1. The third kappa shape index (κ3) is 2.66. The van der Waals surface area contributed by atoms with Crippen LogP contribution in [0.2, 0.25) is 0 Å². The average Bonchev–Trinajstić information content (AvgIpc) is 2.52. The van der Waals surface area contributed by atoms with Gasteiger partial charge in [0, 0.05) is 13.6 Å². The SMILES string of the molecule is CCC(CN)S(=O)(=O)Nc1ncnn1C. The van der Waals surface area contributed by atoms with E-state index in [1.165, 1.54) is 11.0 Å². The lowest BCUT2D eigenvalue weighted by Crippen LogP contribution is -2.34. The Labute approximate surface area is 88.7 Å². The number of nitrogens with two attached hydrogens (primary N) is 1. The Hall–Kier alpha value is -1.15. The summed E-state index contributed by atoms with van der Waals surface area (Å²) in [6.07, 6.45) is 1.74. The first-order valence-electron chi connectivity index (χ1n) is 4.57. The molecule has 1 rings (SSSR count). The van der Waals surface area contributed by atoms with Crippen molar-refractivity contribution < 1.29 is 8.42 Å². The molecule has 7 nitrogen and oxygen atoms in total. The fourth-order valence-electron chi connectivity index (χ4n) is 1.11. The van der Waals surface area contributed by atoms with E-state index in [1.54, 1.807) is 14.0 Å². The van der Waals surface area contributed by atoms with Gasteiger partial charge in [-0.3, -0.25) is 4.72 Å². The number of anilines is 1. The highest BCUT2D eigenvalue weighted by atomic mass is 32.2. The summed E-state index contributed by atoms with van der Waals surface area (Å²) in [4.78, 5) is 3.77. The molecule has 0 spiro atoms. The number of rotatable bonds is 5. The Bertz CT molecular complexity index is 409. The van der Waals surface area contributed by atoms with E-state index in [2.05, 4.69) is 14.8 Å². The zero-order valence-electron chi connectivity index (χ0n) is 8.71. The quantitative estimate of drug-likeness (QED) is 0.699. The van der Waals surface area contributed by atoms with Gasteiger partial charge in [-0.15, -0.1) is 0 Å². The third-order valence-electron chi connectivity index (χ3n) is 2.10. The Morgan fingerprint density at radius 3 is 2.73 bits per heavy atom. The van der Waals surface area contributed by atoms with Crippen molar-refractivity contribution in [2.45, 2.75) is 18.6 Å². The molecule has 1 heterocycles. The van der Waals surface area contributed by atoms with Gasteiger partial charge in [-0.1, -0.05) is 6.92 Å². The molecule has 0 radical (unpaired) electrons. The molecular weight excluding hydrogens is 218 g/mol. The molecule has 1 atom stereocenters. The van der Waals surface area contributed by atoms with Crippen LogP contribution in [0.15, 0.2) is 6.33 Å². The summed E-state index contributed by atoms with van der Waals surface area (Å²) in [6, 6.07) is 0. The van der Waals surface area contributed by atoms with Gasteiger partial charge in [-0.25, -0.2) is 13.1 Å². The van der Waals surface area contributed by atoms with Gasteiger partial charge in [0.2, 0.25) is 16.0 Å². The molecule has 15 heavy (non-hydrogen) atoms. The standard InChI is InChI=1S/C7H15N5O2S/c1-3-6(4-8)15(13,14)11-7-9-5-10-12(7)2/h5-6H,3-4,8H2,1-2H3,(H,9,10,11). The number of hydrogen-bond donors (Lipinski definition) is 2. The van der Waals surface area contributed by atoms with E-state index >= 15 is 0 Å². The smallest absolute Gasteiger partial charge is 0.239 e. The monoisotopic (exact) mass is 233 g/mol. The summed E-state index contributed by atoms with van der Waals surface area (Å²) in [5.41, 5.74) is 5.37. The molecule has 0 aliphatic rings. The van der Waals surface area contributed by atoms with Gasteiger partial charge in [0.05, 0.1) is 5.25 Å². The molecule has 8 heteroatoms. The van der Waals surface area contributed by atoms with Gasteiger partial charge in [0.25, 0.3) is 0 Å². The molecule has 0 saturated heterocycles. The normalized spacial score (nSPS) is 13.8. The second kappa shape index (κ2) is 4.58. The zero-order valence-corrected chi connectivity index (χ0v) is 9.53. The maximum atomic E-state index is 11.7. The van der Waals surface area contributed by atoms with E-state index in [4.69, 9.17) is 5.73 Å². The van der Waals surface area contributed by atoms with Crippen LogP contribution in [-0.4, -0.2) is 35.0 Å². The Kier molecular flexibility index (Phi) is 3.64. The summed E-state index contributed by atoms with van der Waals surface area (Å²) in [7, 11) is -1.86. The van der Waals surface area contributed by atoms with Crippen LogP contribution >= 0.6 is 0 Å². The first-order chi connectivity index (χ1) is 7.01. The van der Waals surface area contributed by atoms with Gasteiger partial charge in [0.15, 0.2) is 0 Å². The minimum absolute atomic E-state index is 0.0870. The summed E-state index contributed by atoms with van der Waals surface area (Å²) in [6.45, 7) is 1.86. The molecule has 0 amide bonds. The van der Waals surface area contributed by atoms with Crippen molar-refractivity contribution in [3.8, 4) is 0 Å². The molecule has 0 fully saturated rings. The Morgan fingerprint density at radius 1 is 1.67 bits per heavy atom. The van der Waals surface area contributed by atoms with Gasteiger partial charge in [-0.05, 0) is 6.42 Å². The van der Waals surface area contributed by atoms with E-state index in [0.717, 1.165) is 0 Å². The third-order valence-corrected chi connectivity index (χ3v) is 3.97. The fourth-order valence-corrected chi connectivity index (χ4v) is 2.41. The van der Waals surface area contributed by atoms with Crippen LogP contribution in [0.5, 0.6) is 0 Å². The topological polar surface area (TPSA) is 103 Å². The fraction of sp³-hybridized carbons (Fsp3) is 0.714. The molecule has 0 aromatic carbocycles. The highest BCUT2D eigenvalue weighted by molar-refractivity contribution is 7.93. The van der Waals surface area contributed by atoms with Crippen molar-refractivity contribution in [2.75, 3.05) is 11.3 Å². The van der Waals surface area contributed by atoms with E-state index < -0.39 is 15.3 Å². The highest BCUT2D eigenvalue weighted by Gasteiger charge is 2.23. The molecule has 1 aromatic heterocycles. The molecule has 0 aliphatic heterocycles. The average molecular weight is 233 g/mol. The maximum absolute atomic E-state index is 11.7. The predicted octanol–water partition coefficient (Wildman–Crippen LogP) is -0.706. The summed E-state index contributed by atoms with van der Waals surface area (Å²) in [5.74, 6) is 0.196. The zero-order chi connectivity index (χ0) is 11.5. The lowest BCUT2D eigenvalue weighted by molar-refractivity contribution is 0.580. The molecular formula is C7H15N5O2S. The second-order valence-corrected chi connectivity index (χ2v) is 5.08. The van der Waals surface area contributed by atoms with E-state index in [9.17, 15) is 8.42 Å². The van der Waals surface area contributed by atoms with Gasteiger partial charge in [-0.2, -0.15) is 10.1 Å². The Balaban J connectivity index is 2.86. The molecule has 1 aromatic rings. The predicted molar refractivity (Wildman–Crippen MR) is 56.7 cm³/mol. The number of sulfonamides is 1. The van der Waals surface area contributed by atoms with Crippen LogP contribution in [0, 0.1) is 0 Å². The van der Waals surface area contributed by atoms with Crippen LogP contribution in [0.4, 0.5) is 5.95 Å². The molecule has 0 saturated carbocycles. The highest BCUT2D eigenvalue weighted by Crippen LogP contribution is 2.09. The van der Waals surface area contributed by atoms with E-state index in [0.29, 0.717) is 6.42 Å². The van der Waals surface area contributed by atoms with E-state index in [1.807, 2.05) is 0 Å². The van der Waals surface area contributed by atoms with Crippen molar-refractivity contribution in [1.29, 1.82) is 0 Å². The minimum Gasteiger partial charge on any atom is -0.329 e. The molecule has 86 valence electrons. The minimum atomic E-state index is -3.47. The van der Waals surface area contributed by atoms with Crippen molar-refractivity contribution in [3.05, 3.63) is 6.33 Å². The van der Waals surface area contributed by atoms with Crippen LogP contribution in [0.1, 0.15) is 13.3 Å². The first-order valence-corrected chi connectivity index (χ1v) is 6.11. The Morgan fingerprint density at radius 2 is 2.33 bits per heavy atom. The molecule has 1 unspecified atom stereocenters. The van der Waals surface area contributed by atoms with Crippen molar-refractivity contribution in [2.24, 2.45) is 12.8 Å². The molecule has 0 bridgehead atoms. The summed E-state index contributed by atoms with van der Waals surface area (Å²) < 4.78 is 27.2. The van der Waals surface area contributed by atoms with E-state index in [-0.39, 0.29) is 12.5 Å². The van der Waals surface area contributed by atoms with Crippen molar-refractivity contribution in [3.63, 3.8) is 0 Å². The van der Waals surface area contributed by atoms with Crippen molar-refractivity contribution in [1.82, 2.24) is 14.8 Å². The summed E-state index contributed by atoms with van der Waals surface area (Å²) >= 11 is 0. The number of aryl methyl sites for hydroxylation is 1. The second-order valence-electron chi connectivity index (χ2n) is 3.12. The largest absolute Gasteiger partial charge is 0.329 e. The van der Waals surface area contributed by atoms with Gasteiger partial charge in [0.1, 0.15) is 6.33 Å². The summed E-state index contributed by atoms with van der Waals surface area (Å²) in [5, 5.41) is 3.16. The molecule has 0 aliphatic carbocycles. The van der Waals surface area contributed by atoms with Crippen LogP contribution in [0.3, 0.4) is 0 Å². The van der Waals surface area contributed by atoms with Gasteiger partial charge >= 0.3 is 0 Å². The number of nitrogens with zero attached hydrogens (tertiary/aromatic N) is 3. The molecule has 3 N–H and O–H groups in total. The van der Waals surface area contributed by atoms with Crippen LogP contribution in [0.25, 0.3) is 0 Å². The number of hydrogen-bond acceptors (Lipinski definition) is 5. The lowest BCUT2D eigenvalue weighted by Gasteiger charge is -2.14. The van der Waals surface area contributed by atoms with Gasteiger partial charge < -0.3 is 5.73 Å². The maximum Gasteiger partial charge on any atom is 0.239 e. The first kappa shape index (κ1) is 11.9. The number of aromatic nitrogens is 3. The van der Waals surface area contributed by atoms with Crippen LogP contribution < -0.4 is 10.5 Å². The van der Waals surface area contributed by atoms with Crippen LogP contribution in [-0.2, 0) is 17.1 Å². The lowest BCUT2D eigenvalue weighted by atomic mass is 10.3. The van der Waals surface area contributed by atoms with Crippen molar-refractivity contribution >= 4 is 16.0 Å².